The van der Waals surface area contributed by atoms with E-state index in [2.05, 4.69) is 30.3 Å². The summed E-state index contributed by atoms with van der Waals surface area (Å²) in [6, 6.07) is 16.9. The Bertz CT molecular complexity index is 1070. The van der Waals surface area contributed by atoms with Crippen LogP contribution in [0.25, 0.3) is 10.9 Å². The lowest BCUT2D eigenvalue weighted by Crippen LogP contribution is -2.37. The first-order valence-electron chi connectivity index (χ1n) is 11.5. The highest BCUT2D eigenvalue weighted by Crippen LogP contribution is 2.31. The topological polar surface area (TPSA) is 67.6 Å². The Hall–Kier alpha value is -2.86. The predicted molar refractivity (Wildman–Crippen MR) is 125 cm³/mol. The number of amides is 1. The van der Waals surface area contributed by atoms with Crippen LogP contribution in [-0.2, 0) is 24.2 Å². The number of aryl methyl sites for hydroxylation is 1. The van der Waals surface area contributed by atoms with Gasteiger partial charge in [0, 0.05) is 37.5 Å². The van der Waals surface area contributed by atoms with E-state index in [0.29, 0.717) is 19.5 Å². The molecule has 6 nitrogen and oxygen atoms in total. The molecule has 170 valence electrons. The van der Waals surface area contributed by atoms with Gasteiger partial charge in [0.2, 0.25) is 0 Å². The summed E-state index contributed by atoms with van der Waals surface area (Å²) in [4.78, 5) is 14.6. The lowest BCUT2D eigenvalue weighted by Gasteiger charge is -2.27. The van der Waals surface area contributed by atoms with Crippen molar-refractivity contribution in [3.8, 4) is 0 Å². The second-order valence-corrected chi connectivity index (χ2v) is 9.60. The van der Waals surface area contributed by atoms with Crippen LogP contribution in [0.15, 0.2) is 48.5 Å². The largest absolute Gasteiger partial charge is 0.444 e. The lowest BCUT2D eigenvalue weighted by atomic mass is 10.1. The molecule has 1 aromatic heterocycles. The summed E-state index contributed by atoms with van der Waals surface area (Å²) in [6.45, 7) is 7.00. The fourth-order valence-corrected chi connectivity index (χ4v) is 3.94. The number of carbonyl (C=O) groups is 1. The SMILES string of the molecule is CC(C)(C)OC(=O)N(Cc1ccc2c(Cc3ccccc3)nn(CCCO)c2c1)C1CC1. The highest BCUT2D eigenvalue weighted by molar-refractivity contribution is 5.83. The predicted octanol–water partition coefficient (Wildman–Crippen LogP) is 4.91. The zero-order chi connectivity index (χ0) is 22.7. The molecule has 0 atom stereocenters. The van der Waals surface area contributed by atoms with E-state index in [1.54, 1.807) is 0 Å². The first-order chi connectivity index (χ1) is 15.3. The van der Waals surface area contributed by atoms with Crippen molar-refractivity contribution >= 4 is 17.0 Å². The summed E-state index contributed by atoms with van der Waals surface area (Å²) in [6.07, 6.45) is 3.21. The van der Waals surface area contributed by atoms with Gasteiger partial charge < -0.3 is 14.7 Å². The summed E-state index contributed by atoms with van der Waals surface area (Å²) < 4.78 is 7.64. The quantitative estimate of drug-likeness (QED) is 0.546. The van der Waals surface area contributed by atoms with E-state index in [-0.39, 0.29) is 18.7 Å². The van der Waals surface area contributed by atoms with E-state index in [0.717, 1.165) is 41.4 Å². The van der Waals surface area contributed by atoms with Crippen molar-refractivity contribution in [2.24, 2.45) is 0 Å². The van der Waals surface area contributed by atoms with Crippen molar-refractivity contribution < 1.29 is 14.6 Å². The van der Waals surface area contributed by atoms with E-state index >= 15 is 0 Å². The number of benzene rings is 2. The molecular weight excluding hydrogens is 402 g/mol. The summed E-state index contributed by atoms with van der Waals surface area (Å²) in [5.41, 5.74) is 3.84. The van der Waals surface area contributed by atoms with Crippen LogP contribution < -0.4 is 0 Å². The molecule has 3 aromatic rings. The molecule has 1 amide bonds. The third kappa shape index (κ3) is 5.49. The Morgan fingerprint density at radius 1 is 1.16 bits per heavy atom. The number of aliphatic hydroxyl groups is 1. The number of carbonyl (C=O) groups excluding carboxylic acids is 1. The van der Waals surface area contributed by atoms with Gasteiger partial charge in [0.1, 0.15) is 5.60 Å². The maximum Gasteiger partial charge on any atom is 0.410 e. The fraction of sp³-hybridized carbons (Fsp3) is 0.462. The summed E-state index contributed by atoms with van der Waals surface area (Å²) >= 11 is 0. The average molecular weight is 436 g/mol. The summed E-state index contributed by atoms with van der Waals surface area (Å²) in [5.74, 6) is 0. The van der Waals surface area contributed by atoms with E-state index in [4.69, 9.17) is 9.84 Å². The van der Waals surface area contributed by atoms with Gasteiger partial charge in [0.25, 0.3) is 0 Å². The highest BCUT2D eigenvalue weighted by Gasteiger charge is 2.35. The molecule has 0 radical (unpaired) electrons. The van der Waals surface area contributed by atoms with Gasteiger partial charge in [-0.2, -0.15) is 5.10 Å². The molecule has 0 aliphatic heterocycles. The summed E-state index contributed by atoms with van der Waals surface area (Å²) in [7, 11) is 0. The molecule has 1 N–H and O–H groups in total. The number of fused-ring (bicyclic) bond motifs is 1. The van der Waals surface area contributed by atoms with Crippen LogP contribution >= 0.6 is 0 Å². The minimum absolute atomic E-state index is 0.128. The van der Waals surface area contributed by atoms with Gasteiger partial charge in [0.05, 0.1) is 11.2 Å². The van der Waals surface area contributed by atoms with E-state index in [1.165, 1.54) is 5.56 Å². The molecule has 4 rings (SSSR count). The summed E-state index contributed by atoms with van der Waals surface area (Å²) in [5, 5.41) is 15.3. The molecule has 0 unspecified atom stereocenters. The van der Waals surface area contributed by atoms with Gasteiger partial charge in [-0.1, -0.05) is 42.5 Å². The minimum Gasteiger partial charge on any atom is -0.444 e. The van der Waals surface area contributed by atoms with E-state index < -0.39 is 5.60 Å². The number of aliphatic hydroxyl groups excluding tert-OH is 1. The molecule has 1 aliphatic carbocycles. The molecule has 32 heavy (non-hydrogen) atoms. The van der Waals surface area contributed by atoms with Gasteiger partial charge in [-0.05, 0) is 57.2 Å². The molecule has 1 heterocycles. The third-order valence-corrected chi connectivity index (χ3v) is 5.60. The Balaban J connectivity index is 1.62. The normalized spacial score (nSPS) is 14.0. The zero-order valence-corrected chi connectivity index (χ0v) is 19.3. The molecule has 2 aromatic carbocycles. The maximum absolute atomic E-state index is 12.8. The number of rotatable bonds is 8. The first kappa shape index (κ1) is 22.3. The fourth-order valence-electron chi connectivity index (χ4n) is 3.94. The van der Waals surface area contributed by atoms with Crippen molar-refractivity contribution in [3.05, 3.63) is 65.4 Å². The number of hydrogen-bond donors (Lipinski definition) is 1. The second kappa shape index (κ2) is 9.33. The third-order valence-electron chi connectivity index (χ3n) is 5.60. The van der Waals surface area contributed by atoms with Crippen molar-refractivity contribution in [2.45, 2.75) is 71.2 Å². The minimum atomic E-state index is -0.510. The smallest absolute Gasteiger partial charge is 0.410 e. The Kier molecular flexibility index (Phi) is 6.51. The van der Waals surface area contributed by atoms with Crippen molar-refractivity contribution in [2.75, 3.05) is 6.61 Å². The van der Waals surface area contributed by atoms with Crippen molar-refractivity contribution in [1.29, 1.82) is 0 Å². The number of ether oxygens (including phenoxy) is 1. The molecule has 0 bridgehead atoms. The second-order valence-electron chi connectivity index (χ2n) is 9.60. The van der Waals surface area contributed by atoms with Crippen LogP contribution in [0, 0.1) is 0 Å². The van der Waals surface area contributed by atoms with Gasteiger partial charge >= 0.3 is 6.09 Å². The van der Waals surface area contributed by atoms with Crippen LogP contribution in [0.2, 0.25) is 0 Å². The van der Waals surface area contributed by atoms with Gasteiger partial charge in [0.15, 0.2) is 0 Å². The molecule has 0 saturated heterocycles. The Morgan fingerprint density at radius 2 is 1.91 bits per heavy atom. The Morgan fingerprint density at radius 3 is 2.56 bits per heavy atom. The molecule has 0 spiro atoms. The van der Waals surface area contributed by atoms with E-state index in [1.807, 2.05) is 48.6 Å². The Labute approximate surface area is 189 Å². The number of aromatic nitrogens is 2. The van der Waals surface area contributed by atoms with Gasteiger partial charge in [-0.25, -0.2) is 4.79 Å². The zero-order valence-electron chi connectivity index (χ0n) is 19.3. The maximum atomic E-state index is 12.8. The van der Waals surface area contributed by atoms with Crippen LogP contribution in [0.4, 0.5) is 4.79 Å². The van der Waals surface area contributed by atoms with Crippen LogP contribution in [0.3, 0.4) is 0 Å². The number of nitrogens with zero attached hydrogens (tertiary/aromatic N) is 3. The molecular formula is C26H33N3O3. The van der Waals surface area contributed by atoms with Gasteiger partial charge in [-0.3, -0.25) is 4.68 Å². The van der Waals surface area contributed by atoms with Crippen LogP contribution in [-0.4, -0.2) is 44.1 Å². The van der Waals surface area contributed by atoms with Crippen LogP contribution in [0.5, 0.6) is 0 Å². The van der Waals surface area contributed by atoms with Crippen molar-refractivity contribution in [1.82, 2.24) is 14.7 Å². The first-order valence-corrected chi connectivity index (χ1v) is 11.5. The molecule has 1 aliphatic rings. The standard InChI is InChI=1S/C26H33N3O3/c1-26(2,3)32-25(31)28(21-11-12-21)18-20-10-13-22-23(16-19-8-5-4-6-9-19)27-29(14-7-15-30)24(22)17-20/h4-6,8-10,13,17,21,30H,7,11-12,14-16,18H2,1-3H3. The lowest BCUT2D eigenvalue weighted by molar-refractivity contribution is 0.0216. The molecule has 6 heteroatoms. The van der Waals surface area contributed by atoms with Crippen LogP contribution in [0.1, 0.15) is 56.9 Å². The molecule has 1 saturated carbocycles. The highest BCUT2D eigenvalue weighted by atomic mass is 16.6. The number of hydrogen-bond acceptors (Lipinski definition) is 4. The monoisotopic (exact) mass is 435 g/mol. The van der Waals surface area contributed by atoms with E-state index in [9.17, 15) is 9.90 Å². The average Bonchev–Trinajstić information content (AvgIpc) is 3.53. The van der Waals surface area contributed by atoms with Gasteiger partial charge in [-0.15, -0.1) is 0 Å². The van der Waals surface area contributed by atoms with Crippen molar-refractivity contribution in [3.63, 3.8) is 0 Å². The molecule has 1 fully saturated rings.